The predicted molar refractivity (Wildman–Crippen MR) is 95.2 cm³/mol. The van der Waals surface area contributed by atoms with Gasteiger partial charge in [0.05, 0.1) is 5.25 Å². The summed E-state index contributed by atoms with van der Waals surface area (Å²) in [4.78, 5) is 16.9. The fourth-order valence-electron chi connectivity index (χ4n) is 2.61. The van der Waals surface area contributed by atoms with Gasteiger partial charge in [-0.1, -0.05) is 41.3 Å². The number of nitrogens with zero attached hydrogens (tertiary/aromatic N) is 4. The van der Waals surface area contributed by atoms with E-state index in [1.54, 1.807) is 0 Å². The van der Waals surface area contributed by atoms with Gasteiger partial charge in [0.1, 0.15) is 5.01 Å². The van der Waals surface area contributed by atoms with E-state index in [1.165, 1.54) is 28.8 Å². The van der Waals surface area contributed by atoms with Crippen LogP contribution < -0.4 is 4.90 Å². The van der Waals surface area contributed by atoms with Gasteiger partial charge in [-0.2, -0.15) is 0 Å². The van der Waals surface area contributed by atoms with E-state index in [-0.39, 0.29) is 11.2 Å². The number of carbonyl (C=O) groups excluding carboxylic acids is 1. The second-order valence-electron chi connectivity index (χ2n) is 5.49. The maximum atomic E-state index is 12.6. The predicted octanol–water partition coefficient (Wildman–Crippen LogP) is 2.68. The summed E-state index contributed by atoms with van der Waals surface area (Å²) in [7, 11) is 0. The fourth-order valence-corrected chi connectivity index (χ4v) is 4.65. The van der Waals surface area contributed by atoms with Crippen LogP contribution in [0.2, 0.25) is 0 Å². The van der Waals surface area contributed by atoms with Crippen molar-refractivity contribution in [3.8, 4) is 0 Å². The zero-order valence-electron chi connectivity index (χ0n) is 13.3. The van der Waals surface area contributed by atoms with Gasteiger partial charge in [-0.15, -0.1) is 10.2 Å². The summed E-state index contributed by atoms with van der Waals surface area (Å²) in [6.45, 7) is 7.18. The molecule has 1 fully saturated rings. The van der Waals surface area contributed by atoms with E-state index in [9.17, 15) is 4.79 Å². The molecular formula is C16H20N4OS2. The number of amides is 1. The Kier molecular flexibility index (Phi) is 5.17. The second-order valence-corrected chi connectivity index (χ2v) is 8.26. The molecule has 3 rings (SSSR count). The summed E-state index contributed by atoms with van der Waals surface area (Å²) in [5.41, 5.74) is 1.23. The van der Waals surface area contributed by atoms with E-state index >= 15 is 0 Å². The summed E-state index contributed by atoms with van der Waals surface area (Å²) in [6.07, 6.45) is 0. The molecule has 0 N–H and O–H groups in total. The topological polar surface area (TPSA) is 49.3 Å². The van der Waals surface area contributed by atoms with Crippen LogP contribution in [0.25, 0.3) is 0 Å². The van der Waals surface area contributed by atoms with Crippen molar-refractivity contribution < 1.29 is 4.79 Å². The highest BCUT2D eigenvalue weighted by molar-refractivity contribution is 8.02. The van der Waals surface area contributed by atoms with Crippen LogP contribution in [0.15, 0.2) is 34.7 Å². The van der Waals surface area contributed by atoms with Gasteiger partial charge in [-0.05, 0) is 26.0 Å². The number of aromatic nitrogens is 2. The molecule has 1 saturated heterocycles. The first-order valence-electron chi connectivity index (χ1n) is 7.69. The van der Waals surface area contributed by atoms with Gasteiger partial charge in [0.25, 0.3) is 0 Å². The molecule has 0 radical (unpaired) electrons. The minimum Gasteiger partial charge on any atom is -0.368 e. The van der Waals surface area contributed by atoms with Gasteiger partial charge < -0.3 is 9.80 Å². The molecule has 1 aromatic heterocycles. The highest BCUT2D eigenvalue weighted by atomic mass is 32.2. The van der Waals surface area contributed by atoms with Crippen molar-refractivity contribution in [3.05, 3.63) is 35.3 Å². The van der Waals surface area contributed by atoms with Crippen molar-refractivity contribution in [2.75, 3.05) is 31.1 Å². The molecule has 1 amide bonds. The van der Waals surface area contributed by atoms with Gasteiger partial charge in [-0.25, -0.2) is 0 Å². The summed E-state index contributed by atoms with van der Waals surface area (Å²) >= 11 is 3.04. The number of hydrogen-bond acceptors (Lipinski definition) is 6. The molecule has 23 heavy (non-hydrogen) atoms. The van der Waals surface area contributed by atoms with Gasteiger partial charge >= 0.3 is 0 Å². The van der Waals surface area contributed by atoms with Crippen LogP contribution in [0.4, 0.5) is 5.69 Å². The van der Waals surface area contributed by atoms with Gasteiger partial charge in [-0.3, -0.25) is 4.79 Å². The van der Waals surface area contributed by atoms with E-state index in [1.807, 2.05) is 24.8 Å². The van der Waals surface area contributed by atoms with Crippen molar-refractivity contribution >= 4 is 34.7 Å². The van der Waals surface area contributed by atoms with Crippen LogP contribution in [-0.4, -0.2) is 52.4 Å². The quantitative estimate of drug-likeness (QED) is 0.795. The third-order valence-electron chi connectivity index (χ3n) is 3.85. The minimum atomic E-state index is -0.120. The third kappa shape index (κ3) is 4.03. The summed E-state index contributed by atoms with van der Waals surface area (Å²) in [6, 6.07) is 10.4. The first-order chi connectivity index (χ1) is 11.1. The zero-order valence-corrected chi connectivity index (χ0v) is 14.9. The summed E-state index contributed by atoms with van der Waals surface area (Å²) in [5, 5.41) is 8.90. The van der Waals surface area contributed by atoms with E-state index < -0.39 is 0 Å². The zero-order chi connectivity index (χ0) is 16.2. The summed E-state index contributed by atoms with van der Waals surface area (Å²) in [5.74, 6) is 0.190. The molecule has 2 aromatic rings. The normalized spacial score (nSPS) is 16.4. The van der Waals surface area contributed by atoms with Crippen LogP contribution in [0.3, 0.4) is 0 Å². The molecule has 0 saturated carbocycles. The fraction of sp³-hybridized carbons (Fsp3) is 0.438. The van der Waals surface area contributed by atoms with Crippen molar-refractivity contribution in [1.82, 2.24) is 15.1 Å². The number of piperazine rings is 1. The maximum absolute atomic E-state index is 12.6. The minimum absolute atomic E-state index is 0.120. The summed E-state index contributed by atoms with van der Waals surface area (Å²) < 4.78 is 0.867. The molecule has 0 spiro atoms. The Morgan fingerprint density at radius 3 is 2.48 bits per heavy atom. The van der Waals surface area contributed by atoms with Crippen LogP contribution >= 0.6 is 23.1 Å². The molecule has 1 aliphatic rings. The van der Waals surface area contributed by atoms with Crippen molar-refractivity contribution in [1.29, 1.82) is 0 Å². The molecule has 1 aliphatic heterocycles. The van der Waals surface area contributed by atoms with Crippen molar-refractivity contribution in [2.45, 2.75) is 23.4 Å². The SMILES string of the molecule is Cc1nnc(S[C@@H](C)C(=O)N2CCN(c3ccccc3)CC2)s1. The average molecular weight is 348 g/mol. The Hall–Kier alpha value is -1.60. The van der Waals surface area contributed by atoms with Crippen molar-refractivity contribution in [2.24, 2.45) is 0 Å². The standard InChI is InChI=1S/C16H20N4OS2/c1-12(22-16-18-17-13(2)23-16)15(21)20-10-8-19(9-11-20)14-6-4-3-5-7-14/h3-7,12H,8-11H2,1-2H3/t12-/m0/s1. The van der Waals surface area contributed by atoms with E-state index in [0.29, 0.717) is 0 Å². The number of para-hydroxylation sites is 1. The van der Waals surface area contributed by atoms with E-state index in [0.717, 1.165) is 35.5 Å². The molecule has 1 atom stereocenters. The number of benzene rings is 1. The Morgan fingerprint density at radius 1 is 1.17 bits per heavy atom. The first-order valence-corrected chi connectivity index (χ1v) is 9.38. The molecule has 1 aromatic carbocycles. The third-order valence-corrected chi connectivity index (χ3v) is 5.86. The van der Waals surface area contributed by atoms with Gasteiger partial charge in [0, 0.05) is 31.9 Å². The highest BCUT2D eigenvalue weighted by Crippen LogP contribution is 2.27. The number of rotatable bonds is 4. The van der Waals surface area contributed by atoms with Gasteiger partial charge in [0.15, 0.2) is 4.34 Å². The Bertz CT molecular complexity index is 653. The molecule has 122 valence electrons. The monoisotopic (exact) mass is 348 g/mol. The number of aryl methyl sites for hydroxylation is 1. The second kappa shape index (κ2) is 7.31. The van der Waals surface area contributed by atoms with Crippen LogP contribution in [-0.2, 0) is 4.79 Å². The highest BCUT2D eigenvalue weighted by Gasteiger charge is 2.26. The Balaban J connectivity index is 1.53. The molecule has 0 bridgehead atoms. The molecule has 0 unspecified atom stereocenters. The average Bonchev–Trinajstić information content (AvgIpc) is 3.00. The largest absolute Gasteiger partial charge is 0.368 e. The lowest BCUT2D eigenvalue weighted by atomic mass is 10.2. The maximum Gasteiger partial charge on any atom is 0.235 e. The molecule has 0 aliphatic carbocycles. The number of anilines is 1. The van der Waals surface area contributed by atoms with Crippen LogP contribution in [0, 0.1) is 6.92 Å². The van der Waals surface area contributed by atoms with Crippen molar-refractivity contribution in [3.63, 3.8) is 0 Å². The number of carbonyl (C=O) groups is 1. The van der Waals surface area contributed by atoms with E-state index in [4.69, 9.17) is 0 Å². The molecule has 2 heterocycles. The van der Waals surface area contributed by atoms with Crippen LogP contribution in [0.1, 0.15) is 11.9 Å². The number of thioether (sulfide) groups is 1. The Morgan fingerprint density at radius 2 is 1.87 bits per heavy atom. The molecule has 7 heteroatoms. The van der Waals surface area contributed by atoms with Gasteiger partial charge in [0.2, 0.25) is 5.91 Å². The van der Waals surface area contributed by atoms with Crippen LogP contribution in [0.5, 0.6) is 0 Å². The lowest BCUT2D eigenvalue weighted by Gasteiger charge is -2.37. The lowest BCUT2D eigenvalue weighted by molar-refractivity contribution is -0.130. The molecule has 5 nitrogen and oxygen atoms in total. The Labute approximate surface area is 144 Å². The first kappa shape index (κ1) is 16.3. The lowest BCUT2D eigenvalue weighted by Crippen LogP contribution is -2.50. The molecular weight excluding hydrogens is 328 g/mol. The smallest absolute Gasteiger partial charge is 0.235 e. The van der Waals surface area contributed by atoms with E-state index in [2.05, 4.69) is 39.4 Å². The number of hydrogen-bond donors (Lipinski definition) is 0.